The number of para-hydroxylation sites is 1. The van der Waals surface area contributed by atoms with E-state index in [9.17, 15) is 14.4 Å². The van der Waals surface area contributed by atoms with E-state index in [1.807, 2.05) is 102 Å². The van der Waals surface area contributed by atoms with Crippen molar-refractivity contribution in [3.05, 3.63) is 84.0 Å². The van der Waals surface area contributed by atoms with E-state index in [1.54, 1.807) is 15.9 Å². The summed E-state index contributed by atoms with van der Waals surface area (Å²) in [5.41, 5.74) is 3.53. The summed E-state index contributed by atoms with van der Waals surface area (Å²) in [7, 11) is 0. The molecule has 1 aromatic carbocycles. The Bertz CT molecular complexity index is 2650. The van der Waals surface area contributed by atoms with Crippen molar-refractivity contribution in [2.45, 2.75) is 46.0 Å². The molecule has 2 saturated heterocycles. The summed E-state index contributed by atoms with van der Waals surface area (Å²) in [5, 5.41) is 18.9. The zero-order valence-corrected chi connectivity index (χ0v) is 35.2. The molecule has 0 bridgehead atoms. The molecule has 2 saturated carbocycles. The lowest BCUT2D eigenvalue weighted by Crippen LogP contribution is -2.49. The number of nitrogens with one attached hydrogen (secondary N) is 3. The third-order valence-corrected chi connectivity index (χ3v) is 12.1. The standard InChI is InChI=1S/C24H25N7O2.C17H19N7OS.C2H6.3H2/c32-22(14-17-15-25-19-5-2-1-4-18(17)19)30-12-10-29(11-13-30)21-7-3-6-20-26-24(28-31(20)21)27-23(33)16-8-9-16;25-15(12-4-5-12)20-16-19-13-2-1-3-14(24(13)21-16)22-7-9-23(10-8-22)17-18-6-11-26-17;1-2;;;/h1-7,15-16,25H,8-14H2,(H,27,28,33);1-3,6,11-12H,4-5,7-10H2,(H,20,21,25);1-2H3;3*1H. The van der Waals surface area contributed by atoms with Crippen molar-refractivity contribution in [3.63, 3.8) is 0 Å². The minimum Gasteiger partial charge on any atom is -0.361 e. The summed E-state index contributed by atoms with van der Waals surface area (Å²) in [6, 6.07) is 19.8. The average Bonchev–Trinajstić information content (AvgIpc) is 4.13. The number of hydrogen-bond donors (Lipinski definition) is 3. The second-order valence-electron chi connectivity index (χ2n) is 15.4. The zero-order valence-electron chi connectivity index (χ0n) is 34.4. The number of anilines is 5. The van der Waals surface area contributed by atoms with Gasteiger partial charge in [-0.3, -0.25) is 25.0 Å². The Hall–Kier alpha value is -6.56. The van der Waals surface area contributed by atoms with Gasteiger partial charge >= 0.3 is 0 Å². The second-order valence-corrected chi connectivity index (χ2v) is 16.3. The largest absolute Gasteiger partial charge is 0.361 e. The van der Waals surface area contributed by atoms with Crippen molar-refractivity contribution in [2.75, 3.05) is 77.7 Å². The molecule has 4 aliphatic rings. The minimum absolute atomic E-state index is 0. The highest BCUT2D eigenvalue weighted by Gasteiger charge is 2.32. The van der Waals surface area contributed by atoms with Gasteiger partial charge in [0.25, 0.3) is 0 Å². The number of benzene rings is 1. The van der Waals surface area contributed by atoms with Crippen LogP contribution in [0.25, 0.3) is 22.2 Å². The molecule has 2 aliphatic heterocycles. The van der Waals surface area contributed by atoms with E-state index < -0.39 is 0 Å². The number of rotatable bonds is 9. The summed E-state index contributed by atoms with van der Waals surface area (Å²) in [6.07, 6.45) is 7.99. The lowest BCUT2D eigenvalue weighted by atomic mass is 10.1. The third kappa shape index (κ3) is 8.85. The molecule has 0 unspecified atom stereocenters. The SMILES string of the molecule is CC.O=C(Nc1nc2cccc(N3CCN(C(=O)Cc4c[nH]c5ccccc45)CC3)n2n1)C1CC1.O=C(Nc1nc2cccc(N3CCN(c4nccs4)CC3)n2n1)C1CC1.[HH].[HH].[HH]. The number of fused-ring (bicyclic) bond motifs is 3. The number of carbonyl (C=O) groups is 3. The Labute approximate surface area is 361 Å². The van der Waals surface area contributed by atoms with Gasteiger partial charge < -0.3 is 24.6 Å². The van der Waals surface area contributed by atoms with E-state index in [0.29, 0.717) is 50.1 Å². The average molecular weight is 849 g/mol. The molecule has 3 amide bonds. The first kappa shape index (κ1) is 39.9. The normalized spacial score (nSPS) is 16.6. The number of amides is 3. The highest BCUT2D eigenvalue weighted by Crippen LogP contribution is 2.31. The van der Waals surface area contributed by atoms with Crippen molar-refractivity contribution in [2.24, 2.45) is 11.8 Å². The fourth-order valence-electron chi connectivity index (χ4n) is 7.72. The van der Waals surface area contributed by atoms with Crippen molar-refractivity contribution in [1.29, 1.82) is 0 Å². The van der Waals surface area contributed by atoms with Crippen molar-refractivity contribution >= 4 is 79.9 Å². The molecule has 6 aromatic heterocycles. The first-order valence-corrected chi connectivity index (χ1v) is 22.1. The van der Waals surface area contributed by atoms with Crippen LogP contribution in [0.3, 0.4) is 0 Å². The van der Waals surface area contributed by atoms with Crippen LogP contribution in [0.2, 0.25) is 0 Å². The molecule has 11 rings (SSSR count). The van der Waals surface area contributed by atoms with Gasteiger partial charge in [0.05, 0.1) is 6.42 Å². The number of piperazine rings is 2. The smallest absolute Gasteiger partial charge is 0.249 e. The van der Waals surface area contributed by atoms with Crippen LogP contribution in [-0.2, 0) is 20.8 Å². The third-order valence-electron chi connectivity index (χ3n) is 11.3. The van der Waals surface area contributed by atoms with Crippen LogP contribution in [-0.4, -0.2) is 114 Å². The lowest BCUT2D eigenvalue weighted by Gasteiger charge is -2.36. The highest BCUT2D eigenvalue weighted by atomic mass is 32.1. The molecule has 3 N–H and O–H groups in total. The number of H-pyrrole nitrogens is 1. The fourth-order valence-corrected chi connectivity index (χ4v) is 8.42. The Morgan fingerprint density at radius 2 is 1.25 bits per heavy atom. The molecular formula is C43H56N14O3S. The number of aromatic nitrogens is 8. The molecule has 18 heteroatoms. The molecule has 61 heavy (non-hydrogen) atoms. The van der Waals surface area contributed by atoms with Gasteiger partial charge in [-0.2, -0.15) is 19.0 Å². The molecule has 0 radical (unpaired) electrons. The van der Waals surface area contributed by atoms with Crippen LogP contribution >= 0.6 is 11.3 Å². The number of nitrogens with zero attached hydrogens (tertiary/aromatic N) is 11. The maximum Gasteiger partial charge on any atom is 0.249 e. The number of pyridine rings is 2. The van der Waals surface area contributed by atoms with Crippen LogP contribution in [0.4, 0.5) is 28.7 Å². The summed E-state index contributed by atoms with van der Waals surface area (Å²) >= 11 is 1.67. The molecular weight excluding hydrogens is 793 g/mol. The van der Waals surface area contributed by atoms with Crippen molar-refractivity contribution in [3.8, 4) is 0 Å². The van der Waals surface area contributed by atoms with E-state index in [-0.39, 0.29) is 33.8 Å². The maximum atomic E-state index is 13.0. The molecule has 17 nitrogen and oxygen atoms in total. The molecule has 2 aliphatic carbocycles. The molecule has 8 heterocycles. The number of hydrogen-bond acceptors (Lipinski definition) is 12. The summed E-state index contributed by atoms with van der Waals surface area (Å²) in [4.78, 5) is 62.3. The molecule has 0 spiro atoms. The molecule has 4 fully saturated rings. The van der Waals surface area contributed by atoms with E-state index in [1.165, 1.54) is 0 Å². The van der Waals surface area contributed by atoms with E-state index >= 15 is 0 Å². The van der Waals surface area contributed by atoms with E-state index in [4.69, 9.17) is 0 Å². The van der Waals surface area contributed by atoms with E-state index in [0.717, 1.165) is 90.7 Å². The quantitative estimate of drug-likeness (QED) is 0.154. The van der Waals surface area contributed by atoms with Gasteiger partial charge in [0.2, 0.25) is 29.6 Å². The van der Waals surface area contributed by atoms with Crippen LogP contribution in [0.1, 0.15) is 49.4 Å². The Balaban J connectivity index is 0.000000200. The second kappa shape index (κ2) is 17.6. The van der Waals surface area contributed by atoms with Gasteiger partial charge in [-0.05, 0) is 61.6 Å². The summed E-state index contributed by atoms with van der Waals surface area (Å²) in [6.45, 7) is 10.3. The number of carbonyl (C=O) groups excluding carboxylic acids is 3. The Morgan fingerprint density at radius 1 is 0.705 bits per heavy atom. The van der Waals surface area contributed by atoms with Crippen molar-refractivity contribution < 1.29 is 18.7 Å². The lowest BCUT2D eigenvalue weighted by molar-refractivity contribution is -0.130. The van der Waals surface area contributed by atoms with Gasteiger partial charge in [-0.15, -0.1) is 21.5 Å². The maximum absolute atomic E-state index is 13.0. The fraction of sp³-hybridized carbons (Fsp3) is 0.395. The highest BCUT2D eigenvalue weighted by molar-refractivity contribution is 7.13. The first-order chi connectivity index (χ1) is 29.9. The van der Waals surface area contributed by atoms with Crippen LogP contribution in [0.5, 0.6) is 0 Å². The minimum atomic E-state index is -0.00483. The Kier molecular flexibility index (Phi) is 11.5. The summed E-state index contributed by atoms with van der Waals surface area (Å²) < 4.78 is 3.59. The van der Waals surface area contributed by atoms with Crippen LogP contribution < -0.4 is 25.3 Å². The van der Waals surface area contributed by atoms with Gasteiger partial charge in [-0.25, -0.2) is 4.98 Å². The molecule has 7 aromatic rings. The van der Waals surface area contributed by atoms with E-state index in [2.05, 4.69) is 55.5 Å². The Morgan fingerprint density at radius 3 is 1.79 bits per heavy atom. The van der Waals surface area contributed by atoms with Gasteiger partial charge in [0.1, 0.15) is 11.6 Å². The predicted octanol–water partition coefficient (Wildman–Crippen LogP) is 6.08. The van der Waals surface area contributed by atoms with Crippen molar-refractivity contribution in [1.82, 2.24) is 44.1 Å². The topological polar surface area (TPSA) is 177 Å². The monoisotopic (exact) mass is 848 g/mol. The number of aromatic amines is 1. The van der Waals surface area contributed by atoms with Gasteiger partial charge in [0, 0.05) is 97.2 Å². The predicted molar refractivity (Wildman–Crippen MR) is 244 cm³/mol. The first-order valence-electron chi connectivity index (χ1n) is 21.2. The summed E-state index contributed by atoms with van der Waals surface area (Å²) in [5.74, 6) is 3.04. The molecule has 322 valence electrons. The number of thiazole rings is 1. The van der Waals surface area contributed by atoms with Crippen LogP contribution in [0.15, 0.2) is 78.4 Å². The molecule has 0 atom stereocenters. The van der Waals surface area contributed by atoms with Crippen LogP contribution in [0, 0.1) is 11.8 Å². The van der Waals surface area contributed by atoms with Gasteiger partial charge in [-0.1, -0.05) is 44.2 Å². The van der Waals surface area contributed by atoms with Gasteiger partial charge in [0.15, 0.2) is 16.4 Å². The zero-order chi connectivity index (χ0) is 41.9.